The number of hydrogen-bond acceptors (Lipinski definition) is 6. The Morgan fingerprint density at radius 1 is 0.569 bits per heavy atom. The molecule has 0 radical (unpaired) electrons. The van der Waals surface area contributed by atoms with Crippen molar-refractivity contribution in [3.8, 4) is 0 Å². The summed E-state index contributed by atoms with van der Waals surface area (Å²) in [6.45, 7) is 4.14. The third kappa shape index (κ3) is 42.8. The van der Waals surface area contributed by atoms with Crippen LogP contribution >= 0.6 is 7.82 Å². The molecule has 0 aromatic heterocycles. The van der Waals surface area contributed by atoms with Gasteiger partial charge in [0.15, 0.2) is 0 Å². The number of phosphoric acid groups is 1. The minimum Gasteiger partial charge on any atom is -0.387 e. The molecule has 3 atom stereocenters. The van der Waals surface area contributed by atoms with Gasteiger partial charge in [-0.25, -0.2) is 4.57 Å². The van der Waals surface area contributed by atoms with Crippen LogP contribution in [0.25, 0.3) is 0 Å². The summed E-state index contributed by atoms with van der Waals surface area (Å²) in [7, 11) is -4.34. The number of amides is 1. The van der Waals surface area contributed by atoms with Gasteiger partial charge in [0.25, 0.3) is 0 Å². The summed E-state index contributed by atoms with van der Waals surface area (Å²) in [6.07, 6.45) is 54.8. The average Bonchev–Trinajstić information content (AvgIpc) is 3.21. The highest BCUT2D eigenvalue weighted by atomic mass is 31.2. The van der Waals surface area contributed by atoms with Gasteiger partial charge in [0, 0.05) is 13.0 Å². The first-order valence-corrected chi connectivity index (χ1v) is 26.1. The van der Waals surface area contributed by atoms with Crippen molar-refractivity contribution in [2.75, 3.05) is 19.8 Å². The van der Waals surface area contributed by atoms with Crippen molar-refractivity contribution in [2.45, 2.75) is 251 Å². The van der Waals surface area contributed by atoms with E-state index in [1.165, 1.54) is 173 Å². The summed E-state index contributed by atoms with van der Waals surface area (Å²) in [5.74, 6) is -0.197. The molecule has 0 aliphatic rings. The molecule has 8 nitrogen and oxygen atoms in total. The van der Waals surface area contributed by atoms with E-state index in [0.29, 0.717) is 6.42 Å². The maximum absolute atomic E-state index is 12.8. The topological polar surface area (TPSA) is 131 Å². The van der Waals surface area contributed by atoms with E-state index < -0.39 is 20.0 Å². The van der Waals surface area contributed by atoms with E-state index in [2.05, 4.69) is 43.5 Å². The van der Waals surface area contributed by atoms with Crippen LogP contribution in [-0.4, -0.2) is 47.8 Å². The van der Waals surface area contributed by atoms with E-state index in [1.807, 2.05) is 6.08 Å². The molecule has 1 amide bonds. The van der Waals surface area contributed by atoms with Crippen molar-refractivity contribution in [1.29, 1.82) is 0 Å². The van der Waals surface area contributed by atoms with Crippen molar-refractivity contribution in [2.24, 2.45) is 5.73 Å². The summed E-state index contributed by atoms with van der Waals surface area (Å²) in [4.78, 5) is 22.8. The van der Waals surface area contributed by atoms with Gasteiger partial charge in [0.05, 0.1) is 25.4 Å². The molecular weight excluding hydrogens is 744 g/mol. The zero-order valence-electron chi connectivity index (χ0n) is 38.0. The number of nitrogens with two attached hydrogens (primary N) is 1. The van der Waals surface area contributed by atoms with Gasteiger partial charge in [-0.05, 0) is 51.4 Å². The predicted octanol–water partition coefficient (Wildman–Crippen LogP) is 14.3. The predicted molar refractivity (Wildman–Crippen MR) is 249 cm³/mol. The van der Waals surface area contributed by atoms with Crippen molar-refractivity contribution in [3.05, 3.63) is 36.5 Å². The molecule has 0 bridgehead atoms. The first-order chi connectivity index (χ1) is 28.4. The highest BCUT2D eigenvalue weighted by Gasteiger charge is 2.26. The van der Waals surface area contributed by atoms with E-state index in [1.54, 1.807) is 6.08 Å². The van der Waals surface area contributed by atoms with E-state index in [9.17, 15) is 19.4 Å². The molecule has 9 heteroatoms. The van der Waals surface area contributed by atoms with Gasteiger partial charge in [-0.3, -0.25) is 13.8 Å². The van der Waals surface area contributed by atoms with Crippen LogP contribution in [0, 0.1) is 0 Å². The number of rotatable bonds is 46. The monoisotopic (exact) mass is 839 g/mol. The number of unbranched alkanes of at least 4 members (excludes halogenated alkanes) is 30. The fourth-order valence-electron chi connectivity index (χ4n) is 7.22. The quantitative estimate of drug-likeness (QED) is 0.0273. The second-order valence-electron chi connectivity index (χ2n) is 16.7. The largest absolute Gasteiger partial charge is 0.472 e. The van der Waals surface area contributed by atoms with Crippen LogP contribution in [-0.2, 0) is 18.4 Å². The van der Waals surface area contributed by atoms with E-state index in [-0.39, 0.29) is 25.7 Å². The third-order valence-electron chi connectivity index (χ3n) is 11.0. The van der Waals surface area contributed by atoms with Crippen LogP contribution in [0.5, 0.6) is 0 Å². The first-order valence-electron chi connectivity index (χ1n) is 24.6. The molecule has 0 fully saturated rings. The molecule has 0 aromatic carbocycles. The Bertz CT molecular complexity index is 1010. The van der Waals surface area contributed by atoms with Crippen molar-refractivity contribution in [1.82, 2.24) is 5.32 Å². The van der Waals surface area contributed by atoms with Gasteiger partial charge in [0.2, 0.25) is 5.91 Å². The van der Waals surface area contributed by atoms with Gasteiger partial charge in [-0.15, -0.1) is 0 Å². The lowest BCUT2D eigenvalue weighted by atomic mass is 10.0. The number of aliphatic hydroxyl groups is 1. The van der Waals surface area contributed by atoms with Crippen molar-refractivity contribution >= 4 is 13.7 Å². The van der Waals surface area contributed by atoms with Gasteiger partial charge in [-0.2, -0.15) is 0 Å². The molecule has 58 heavy (non-hydrogen) atoms. The summed E-state index contributed by atoms with van der Waals surface area (Å²) in [6, 6.07) is -0.862. The Balaban J connectivity index is 4.13. The Hall–Kier alpha value is -1.28. The highest BCUT2D eigenvalue weighted by molar-refractivity contribution is 7.47. The Kier molecular flexibility index (Phi) is 44.3. The molecule has 5 N–H and O–H groups in total. The molecular formula is C49H95N2O6P. The molecule has 0 aromatic rings. The Morgan fingerprint density at radius 2 is 0.948 bits per heavy atom. The number of aliphatic hydroxyl groups excluding tert-OH is 1. The summed E-state index contributed by atoms with van der Waals surface area (Å²) >= 11 is 0. The molecule has 3 unspecified atom stereocenters. The molecule has 0 saturated carbocycles. The summed E-state index contributed by atoms with van der Waals surface area (Å²) < 4.78 is 22.2. The molecule has 0 aliphatic heterocycles. The van der Waals surface area contributed by atoms with Crippen molar-refractivity contribution < 1.29 is 28.4 Å². The maximum Gasteiger partial charge on any atom is 0.472 e. The molecule has 0 saturated heterocycles. The number of hydrogen-bond donors (Lipinski definition) is 4. The van der Waals surface area contributed by atoms with E-state index in [4.69, 9.17) is 14.8 Å². The number of allylic oxidation sites excluding steroid dienone is 5. The zero-order chi connectivity index (χ0) is 42.5. The van der Waals surface area contributed by atoms with Crippen LogP contribution in [0.15, 0.2) is 36.5 Å². The average molecular weight is 839 g/mol. The third-order valence-corrected chi connectivity index (χ3v) is 11.9. The van der Waals surface area contributed by atoms with Gasteiger partial charge < -0.3 is 21.1 Å². The zero-order valence-corrected chi connectivity index (χ0v) is 38.9. The second kappa shape index (κ2) is 45.3. The maximum atomic E-state index is 12.8. The van der Waals surface area contributed by atoms with Crippen LogP contribution in [0.2, 0.25) is 0 Å². The lowest BCUT2D eigenvalue weighted by Gasteiger charge is -2.23. The normalized spacial score (nSPS) is 14.2. The highest BCUT2D eigenvalue weighted by Crippen LogP contribution is 2.43. The van der Waals surface area contributed by atoms with Gasteiger partial charge in [0.1, 0.15) is 0 Å². The molecule has 0 rings (SSSR count). The van der Waals surface area contributed by atoms with Crippen LogP contribution < -0.4 is 11.1 Å². The first kappa shape index (κ1) is 56.7. The molecule has 0 spiro atoms. The van der Waals surface area contributed by atoms with Gasteiger partial charge in [-0.1, -0.05) is 217 Å². The van der Waals surface area contributed by atoms with Crippen LogP contribution in [0.1, 0.15) is 239 Å². The summed E-state index contributed by atoms with van der Waals surface area (Å²) in [5, 5.41) is 13.7. The minimum atomic E-state index is -4.34. The molecule has 0 heterocycles. The Morgan fingerprint density at radius 3 is 1.36 bits per heavy atom. The number of carbonyl (C=O) groups excluding carboxylic acids is 1. The molecule has 342 valence electrons. The smallest absolute Gasteiger partial charge is 0.387 e. The van der Waals surface area contributed by atoms with Gasteiger partial charge >= 0.3 is 7.82 Å². The Labute approximate surface area is 359 Å². The number of phosphoric ester groups is 1. The fraction of sp³-hybridized carbons (Fsp3) is 0.857. The van der Waals surface area contributed by atoms with E-state index in [0.717, 1.165) is 44.9 Å². The lowest BCUT2D eigenvalue weighted by Crippen LogP contribution is -2.45. The van der Waals surface area contributed by atoms with Crippen LogP contribution in [0.3, 0.4) is 0 Å². The summed E-state index contributed by atoms with van der Waals surface area (Å²) in [5.41, 5.74) is 5.39. The number of carbonyl (C=O) groups is 1. The molecule has 0 aliphatic carbocycles. The SMILES string of the molecule is CCCCCCC/C=C\C/C=C\CCCCCCCCCCCC(=O)NC(COP(=O)(O)OCCN)C(O)/C=C/CCCCCCCCCCCCCCCCCC. The second-order valence-corrected chi connectivity index (χ2v) is 18.1. The van der Waals surface area contributed by atoms with Crippen molar-refractivity contribution in [3.63, 3.8) is 0 Å². The lowest BCUT2D eigenvalue weighted by molar-refractivity contribution is -0.123. The number of nitrogens with one attached hydrogen (secondary N) is 1. The standard InChI is InChI=1S/C49H95N2O6P/c1-3-5-7-9-11-13-15-17-19-21-23-24-25-27-29-31-33-35-37-39-41-43-49(53)51-47(46-57-58(54,55)56-45-44-50)48(52)42-40-38-36-34-32-30-28-26-22-20-18-16-14-12-10-8-6-4-2/h15,17,21,23,40,42,47-48,52H,3-14,16,18-20,22,24-39,41,43-46,50H2,1-2H3,(H,51,53)(H,54,55)/b17-15-,23-21-,42-40+. The van der Waals surface area contributed by atoms with E-state index >= 15 is 0 Å². The van der Waals surface area contributed by atoms with Crippen LogP contribution in [0.4, 0.5) is 0 Å². The fourth-order valence-corrected chi connectivity index (χ4v) is 7.98. The minimum absolute atomic E-state index is 0.0778.